The van der Waals surface area contributed by atoms with Crippen LogP contribution in [0.2, 0.25) is 0 Å². The molecule has 4 heteroatoms. The van der Waals surface area contributed by atoms with Crippen molar-refractivity contribution in [3.05, 3.63) is 24.3 Å². The molecule has 1 aromatic rings. The van der Waals surface area contributed by atoms with Crippen LogP contribution in [0, 0.1) is 0 Å². The number of nitrogens with one attached hydrogen (secondary N) is 1. The topological polar surface area (TPSA) is 41.1 Å². The molecule has 1 saturated heterocycles. The van der Waals surface area contributed by atoms with Crippen molar-refractivity contribution in [3.63, 3.8) is 0 Å². The third-order valence-corrected chi connectivity index (χ3v) is 3.59. The molecule has 94 valence electrons. The van der Waals surface area contributed by atoms with Crippen molar-refractivity contribution in [1.82, 2.24) is 20.2 Å². The van der Waals surface area contributed by atoms with E-state index in [2.05, 4.69) is 34.0 Å². The van der Waals surface area contributed by atoms with Crippen LogP contribution < -0.4 is 5.32 Å². The van der Waals surface area contributed by atoms with Crippen LogP contribution in [0.5, 0.6) is 0 Å². The van der Waals surface area contributed by atoms with Gasteiger partial charge in [-0.05, 0) is 18.9 Å². The van der Waals surface area contributed by atoms with Crippen molar-refractivity contribution < 1.29 is 0 Å². The highest BCUT2D eigenvalue weighted by Crippen LogP contribution is 2.14. The summed E-state index contributed by atoms with van der Waals surface area (Å²) < 4.78 is 0. The summed E-state index contributed by atoms with van der Waals surface area (Å²) in [4.78, 5) is 10.8. The SMILES string of the molecule is CCC1CN(Cc2ccncn2)C(CC)CN1. The molecule has 0 aliphatic carbocycles. The van der Waals surface area contributed by atoms with E-state index in [0.29, 0.717) is 12.1 Å². The summed E-state index contributed by atoms with van der Waals surface area (Å²) in [5, 5.41) is 3.61. The minimum atomic E-state index is 0.625. The Hall–Kier alpha value is -1.00. The third-order valence-electron chi connectivity index (χ3n) is 3.59. The standard InChI is InChI=1S/C13H22N4/c1-3-11-8-17(13(4-2)7-15-11)9-12-5-6-14-10-16-12/h5-6,10-11,13,15H,3-4,7-9H2,1-2H3. The Morgan fingerprint density at radius 3 is 2.94 bits per heavy atom. The van der Waals surface area contributed by atoms with Crippen LogP contribution in [0.1, 0.15) is 32.4 Å². The maximum atomic E-state index is 4.32. The zero-order valence-electron chi connectivity index (χ0n) is 10.8. The lowest BCUT2D eigenvalue weighted by Crippen LogP contribution is -2.55. The molecule has 2 rings (SSSR count). The van der Waals surface area contributed by atoms with Crippen LogP contribution in [-0.4, -0.2) is 40.0 Å². The predicted molar refractivity (Wildman–Crippen MR) is 68.6 cm³/mol. The zero-order chi connectivity index (χ0) is 12.1. The van der Waals surface area contributed by atoms with E-state index in [-0.39, 0.29) is 0 Å². The average Bonchev–Trinajstić information content (AvgIpc) is 2.40. The predicted octanol–water partition coefficient (Wildman–Crippen LogP) is 1.44. The number of rotatable bonds is 4. The molecule has 2 unspecified atom stereocenters. The van der Waals surface area contributed by atoms with Crippen LogP contribution in [-0.2, 0) is 6.54 Å². The zero-order valence-corrected chi connectivity index (χ0v) is 10.8. The molecule has 0 amide bonds. The molecule has 0 saturated carbocycles. The van der Waals surface area contributed by atoms with E-state index in [1.165, 1.54) is 12.8 Å². The van der Waals surface area contributed by atoms with Crippen LogP contribution in [0.4, 0.5) is 0 Å². The van der Waals surface area contributed by atoms with Crippen molar-refractivity contribution in [1.29, 1.82) is 0 Å². The van der Waals surface area contributed by atoms with Crippen molar-refractivity contribution in [2.75, 3.05) is 13.1 Å². The van der Waals surface area contributed by atoms with Gasteiger partial charge in [-0.2, -0.15) is 0 Å². The Kier molecular flexibility index (Phi) is 4.45. The van der Waals surface area contributed by atoms with E-state index in [1.807, 2.05) is 12.3 Å². The molecule has 0 radical (unpaired) electrons. The van der Waals surface area contributed by atoms with Gasteiger partial charge in [0, 0.05) is 37.9 Å². The fourth-order valence-corrected chi connectivity index (χ4v) is 2.42. The third kappa shape index (κ3) is 3.23. The first-order valence-corrected chi connectivity index (χ1v) is 6.55. The molecule has 0 spiro atoms. The van der Waals surface area contributed by atoms with Gasteiger partial charge < -0.3 is 5.32 Å². The lowest BCUT2D eigenvalue weighted by Gasteiger charge is -2.39. The smallest absolute Gasteiger partial charge is 0.115 e. The van der Waals surface area contributed by atoms with Crippen LogP contribution in [0.25, 0.3) is 0 Å². The summed E-state index contributed by atoms with van der Waals surface area (Å²) in [6.45, 7) is 7.66. The summed E-state index contributed by atoms with van der Waals surface area (Å²) in [6, 6.07) is 3.27. The summed E-state index contributed by atoms with van der Waals surface area (Å²) in [5.74, 6) is 0. The van der Waals surface area contributed by atoms with Gasteiger partial charge in [-0.25, -0.2) is 9.97 Å². The van der Waals surface area contributed by atoms with Gasteiger partial charge in [-0.3, -0.25) is 4.90 Å². The van der Waals surface area contributed by atoms with Gasteiger partial charge in [-0.1, -0.05) is 13.8 Å². The number of aromatic nitrogens is 2. The number of hydrogen-bond donors (Lipinski definition) is 1. The number of nitrogens with zero attached hydrogens (tertiary/aromatic N) is 3. The van der Waals surface area contributed by atoms with Gasteiger partial charge in [0.2, 0.25) is 0 Å². The maximum absolute atomic E-state index is 4.32. The first kappa shape index (κ1) is 12.5. The van der Waals surface area contributed by atoms with Gasteiger partial charge in [0.15, 0.2) is 0 Å². The highest BCUT2D eigenvalue weighted by atomic mass is 15.2. The minimum Gasteiger partial charge on any atom is -0.311 e. The normalized spacial score (nSPS) is 26.0. The van der Waals surface area contributed by atoms with Crippen molar-refractivity contribution in [2.45, 2.75) is 45.3 Å². The Balaban J connectivity index is 2.00. The Morgan fingerprint density at radius 1 is 1.41 bits per heavy atom. The molecule has 0 bridgehead atoms. The van der Waals surface area contributed by atoms with E-state index in [0.717, 1.165) is 25.3 Å². The highest BCUT2D eigenvalue weighted by molar-refractivity contribution is 4.99. The second kappa shape index (κ2) is 6.07. The minimum absolute atomic E-state index is 0.625. The molecular weight excluding hydrogens is 212 g/mol. The molecule has 1 fully saturated rings. The highest BCUT2D eigenvalue weighted by Gasteiger charge is 2.25. The molecule has 0 aromatic carbocycles. The first-order valence-electron chi connectivity index (χ1n) is 6.55. The second-order valence-electron chi connectivity index (χ2n) is 4.71. The lowest BCUT2D eigenvalue weighted by molar-refractivity contribution is 0.116. The fraction of sp³-hybridized carbons (Fsp3) is 0.692. The van der Waals surface area contributed by atoms with Crippen LogP contribution in [0.15, 0.2) is 18.6 Å². The molecule has 1 N–H and O–H groups in total. The quantitative estimate of drug-likeness (QED) is 0.856. The van der Waals surface area contributed by atoms with E-state index in [1.54, 1.807) is 6.33 Å². The van der Waals surface area contributed by atoms with Crippen LogP contribution in [0.3, 0.4) is 0 Å². The van der Waals surface area contributed by atoms with Crippen molar-refractivity contribution in [3.8, 4) is 0 Å². The van der Waals surface area contributed by atoms with Gasteiger partial charge in [0.25, 0.3) is 0 Å². The van der Waals surface area contributed by atoms with Gasteiger partial charge in [0.1, 0.15) is 6.33 Å². The summed E-state index contributed by atoms with van der Waals surface area (Å²) >= 11 is 0. The fourth-order valence-electron chi connectivity index (χ4n) is 2.42. The van der Waals surface area contributed by atoms with Crippen molar-refractivity contribution >= 4 is 0 Å². The second-order valence-corrected chi connectivity index (χ2v) is 4.71. The molecule has 1 aromatic heterocycles. The van der Waals surface area contributed by atoms with E-state index >= 15 is 0 Å². The molecule has 2 atom stereocenters. The van der Waals surface area contributed by atoms with E-state index < -0.39 is 0 Å². The molecule has 4 nitrogen and oxygen atoms in total. The number of hydrogen-bond acceptors (Lipinski definition) is 4. The van der Waals surface area contributed by atoms with Gasteiger partial charge in [0.05, 0.1) is 5.69 Å². The summed E-state index contributed by atoms with van der Waals surface area (Å²) in [5.41, 5.74) is 1.12. The largest absolute Gasteiger partial charge is 0.311 e. The lowest BCUT2D eigenvalue weighted by atomic mass is 10.0. The number of piperazine rings is 1. The van der Waals surface area contributed by atoms with E-state index in [9.17, 15) is 0 Å². The van der Waals surface area contributed by atoms with Gasteiger partial charge >= 0.3 is 0 Å². The van der Waals surface area contributed by atoms with Crippen molar-refractivity contribution in [2.24, 2.45) is 0 Å². The maximum Gasteiger partial charge on any atom is 0.115 e. The monoisotopic (exact) mass is 234 g/mol. The Bertz CT molecular complexity index is 327. The summed E-state index contributed by atoms with van der Waals surface area (Å²) in [6.07, 6.45) is 5.84. The Morgan fingerprint density at radius 2 is 2.29 bits per heavy atom. The van der Waals surface area contributed by atoms with Gasteiger partial charge in [-0.15, -0.1) is 0 Å². The molecular formula is C13H22N4. The first-order chi connectivity index (χ1) is 8.33. The summed E-state index contributed by atoms with van der Waals surface area (Å²) in [7, 11) is 0. The molecule has 1 aliphatic rings. The van der Waals surface area contributed by atoms with E-state index in [4.69, 9.17) is 0 Å². The van der Waals surface area contributed by atoms with Crippen LogP contribution >= 0.6 is 0 Å². The average molecular weight is 234 g/mol. The molecule has 17 heavy (non-hydrogen) atoms. The molecule has 2 heterocycles. The Labute approximate surface area is 103 Å². The molecule has 1 aliphatic heterocycles.